The number of aromatic nitrogens is 1. The molecule has 1 atom stereocenters. The summed E-state index contributed by atoms with van der Waals surface area (Å²) in [6, 6.07) is 15.9. The zero-order valence-electron chi connectivity index (χ0n) is 13.8. The molecule has 2 aromatic carbocycles. The second-order valence-electron chi connectivity index (χ2n) is 5.49. The maximum Gasteiger partial charge on any atom is 0.332 e. The SMILES string of the molecule is CC(O)C(=O)O.NC(N)COc1cccc2nc3ccccc3cc12. The molecule has 6 N–H and O–H groups in total. The Morgan fingerprint density at radius 2 is 1.80 bits per heavy atom. The Kier molecular flexibility index (Phi) is 6.24. The lowest BCUT2D eigenvalue weighted by atomic mass is 10.1. The summed E-state index contributed by atoms with van der Waals surface area (Å²) in [5.74, 6) is -0.424. The number of carboxylic acids is 1. The molecule has 0 radical (unpaired) electrons. The fraction of sp³-hybridized carbons (Fsp3) is 0.222. The number of para-hydroxylation sites is 1. The number of hydrogen-bond donors (Lipinski definition) is 4. The van der Waals surface area contributed by atoms with Crippen molar-refractivity contribution in [3.05, 3.63) is 48.5 Å². The Morgan fingerprint density at radius 3 is 2.44 bits per heavy atom. The zero-order valence-corrected chi connectivity index (χ0v) is 13.8. The Labute approximate surface area is 144 Å². The third-order valence-electron chi connectivity index (χ3n) is 3.31. The molecule has 0 aliphatic rings. The molecule has 1 unspecified atom stereocenters. The molecular formula is C18H21N3O4. The van der Waals surface area contributed by atoms with Crippen LogP contribution in [0.1, 0.15) is 6.92 Å². The van der Waals surface area contributed by atoms with Crippen LogP contribution in [0.15, 0.2) is 48.5 Å². The summed E-state index contributed by atoms with van der Waals surface area (Å²) in [4.78, 5) is 14.1. The third kappa shape index (κ3) is 5.12. The van der Waals surface area contributed by atoms with Crippen molar-refractivity contribution < 1.29 is 19.7 Å². The van der Waals surface area contributed by atoms with Gasteiger partial charge in [-0.05, 0) is 31.2 Å². The van der Waals surface area contributed by atoms with Crippen LogP contribution in [0.4, 0.5) is 0 Å². The molecule has 0 amide bonds. The van der Waals surface area contributed by atoms with Gasteiger partial charge in [-0.25, -0.2) is 9.78 Å². The lowest BCUT2D eigenvalue weighted by Gasteiger charge is -2.11. The molecular weight excluding hydrogens is 322 g/mol. The summed E-state index contributed by atoms with van der Waals surface area (Å²) < 4.78 is 5.64. The van der Waals surface area contributed by atoms with Gasteiger partial charge in [0.15, 0.2) is 0 Å². The number of aliphatic carboxylic acids is 1. The topological polar surface area (TPSA) is 132 Å². The predicted molar refractivity (Wildman–Crippen MR) is 96.2 cm³/mol. The molecule has 7 nitrogen and oxygen atoms in total. The molecule has 0 fully saturated rings. The molecule has 0 aliphatic carbocycles. The monoisotopic (exact) mass is 343 g/mol. The number of nitrogens with two attached hydrogens (primary N) is 2. The molecule has 0 spiro atoms. The van der Waals surface area contributed by atoms with Crippen molar-refractivity contribution in [2.45, 2.75) is 19.2 Å². The van der Waals surface area contributed by atoms with Crippen LogP contribution in [0.3, 0.4) is 0 Å². The van der Waals surface area contributed by atoms with Crippen LogP contribution in [0.25, 0.3) is 21.8 Å². The van der Waals surface area contributed by atoms with E-state index in [4.69, 9.17) is 26.4 Å². The lowest BCUT2D eigenvalue weighted by molar-refractivity contribution is -0.145. The number of carboxylic acid groups (broad SMARTS) is 1. The molecule has 3 rings (SSSR count). The summed E-state index contributed by atoms with van der Waals surface area (Å²) in [5.41, 5.74) is 12.9. The normalized spacial score (nSPS) is 11.9. The molecule has 7 heteroatoms. The van der Waals surface area contributed by atoms with Crippen molar-refractivity contribution in [1.82, 2.24) is 4.98 Å². The molecule has 25 heavy (non-hydrogen) atoms. The number of ether oxygens (including phenoxy) is 1. The van der Waals surface area contributed by atoms with E-state index in [1.54, 1.807) is 0 Å². The van der Waals surface area contributed by atoms with Crippen molar-refractivity contribution in [2.75, 3.05) is 6.61 Å². The van der Waals surface area contributed by atoms with Crippen molar-refractivity contribution in [3.63, 3.8) is 0 Å². The molecule has 1 heterocycles. The van der Waals surface area contributed by atoms with Crippen LogP contribution in [0.2, 0.25) is 0 Å². The standard InChI is InChI=1S/C15H15N3O.C3H6O3/c16-15(17)9-19-14-7-3-6-13-11(14)8-10-4-1-2-5-12(10)18-13;1-2(4)3(5)6/h1-8,15H,9,16-17H2;2,4H,1H3,(H,5,6). The quantitative estimate of drug-likeness (QED) is 0.416. The van der Waals surface area contributed by atoms with Gasteiger partial charge in [-0.1, -0.05) is 24.3 Å². The number of carbonyl (C=O) groups is 1. The molecule has 0 saturated carbocycles. The maximum atomic E-state index is 9.45. The van der Waals surface area contributed by atoms with E-state index in [9.17, 15) is 4.79 Å². The second-order valence-corrected chi connectivity index (χ2v) is 5.49. The first-order valence-electron chi connectivity index (χ1n) is 7.72. The van der Waals surface area contributed by atoms with Crippen LogP contribution in [0.5, 0.6) is 5.75 Å². The van der Waals surface area contributed by atoms with Crippen LogP contribution in [-0.2, 0) is 4.79 Å². The van der Waals surface area contributed by atoms with Crippen LogP contribution >= 0.6 is 0 Å². The first kappa shape index (κ1) is 18.6. The van der Waals surface area contributed by atoms with Crippen LogP contribution in [-0.4, -0.2) is 40.0 Å². The van der Waals surface area contributed by atoms with Crippen LogP contribution < -0.4 is 16.2 Å². The molecule has 132 valence electrons. The van der Waals surface area contributed by atoms with Gasteiger partial charge >= 0.3 is 5.97 Å². The Morgan fingerprint density at radius 1 is 1.16 bits per heavy atom. The van der Waals surface area contributed by atoms with E-state index in [0.717, 1.165) is 27.6 Å². The summed E-state index contributed by atoms with van der Waals surface area (Å²) >= 11 is 0. The number of fused-ring (bicyclic) bond motifs is 2. The third-order valence-corrected chi connectivity index (χ3v) is 3.31. The number of hydrogen-bond acceptors (Lipinski definition) is 6. The largest absolute Gasteiger partial charge is 0.490 e. The minimum Gasteiger partial charge on any atom is -0.490 e. The number of benzene rings is 2. The van der Waals surface area contributed by atoms with E-state index in [1.165, 1.54) is 6.92 Å². The smallest absolute Gasteiger partial charge is 0.332 e. The lowest BCUT2D eigenvalue weighted by Crippen LogP contribution is -2.36. The second kappa shape index (κ2) is 8.39. The van der Waals surface area contributed by atoms with E-state index in [0.29, 0.717) is 0 Å². The summed E-state index contributed by atoms with van der Waals surface area (Å²) in [6.07, 6.45) is -1.71. The number of aliphatic hydroxyl groups excluding tert-OH is 1. The van der Waals surface area contributed by atoms with E-state index >= 15 is 0 Å². The Balaban J connectivity index is 0.000000326. The first-order valence-corrected chi connectivity index (χ1v) is 7.72. The highest BCUT2D eigenvalue weighted by Gasteiger charge is 2.06. The van der Waals surface area contributed by atoms with Crippen molar-refractivity contribution in [1.29, 1.82) is 0 Å². The van der Waals surface area contributed by atoms with Crippen LogP contribution in [0, 0.1) is 0 Å². The van der Waals surface area contributed by atoms with Gasteiger partial charge in [0, 0.05) is 10.8 Å². The summed E-state index contributed by atoms with van der Waals surface area (Å²) in [7, 11) is 0. The van der Waals surface area contributed by atoms with Crippen molar-refractivity contribution in [3.8, 4) is 5.75 Å². The number of rotatable bonds is 4. The summed E-state index contributed by atoms with van der Waals surface area (Å²) in [6.45, 7) is 1.48. The molecule has 0 saturated heterocycles. The number of aliphatic hydroxyl groups is 1. The van der Waals surface area contributed by atoms with E-state index < -0.39 is 18.2 Å². The Bertz CT molecular complexity index is 865. The zero-order chi connectivity index (χ0) is 18.4. The minimum absolute atomic E-state index is 0.284. The molecule has 3 aromatic rings. The van der Waals surface area contributed by atoms with E-state index in [2.05, 4.69) is 11.1 Å². The molecule has 0 aliphatic heterocycles. The molecule has 0 bridgehead atoms. The minimum atomic E-state index is -1.23. The average Bonchev–Trinajstić information content (AvgIpc) is 2.58. The maximum absolute atomic E-state index is 9.45. The number of pyridine rings is 1. The summed E-state index contributed by atoms with van der Waals surface area (Å²) in [5, 5.41) is 17.8. The van der Waals surface area contributed by atoms with Gasteiger partial charge in [0.2, 0.25) is 0 Å². The fourth-order valence-corrected chi connectivity index (χ4v) is 2.08. The van der Waals surface area contributed by atoms with Crippen molar-refractivity contribution >= 4 is 27.8 Å². The van der Waals surface area contributed by atoms with Crippen molar-refractivity contribution in [2.24, 2.45) is 11.5 Å². The predicted octanol–water partition coefficient (Wildman–Crippen LogP) is 1.46. The fourth-order valence-electron chi connectivity index (χ4n) is 2.08. The van der Waals surface area contributed by atoms with E-state index in [1.807, 2.05) is 42.5 Å². The van der Waals surface area contributed by atoms with Gasteiger partial charge in [-0.15, -0.1) is 0 Å². The molecule has 1 aromatic heterocycles. The average molecular weight is 343 g/mol. The van der Waals surface area contributed by atoms with Gasteiger partial charge in [0.05, 0.1) is 17.2 Å². The van der Waals surface area contributed by atoms with Gasteiger partial charge in [-0.3, -0.25) is 0 Å². The highest BCUT2D eigenvalue weighted by atomic mass is 16.5. The van der Waals surface area contributed by atoms with Gasteiger partial charge < -0.3 is 26.4 Å². The van der Waals surface area contributed by atoms with Gasteiger partial charge in [0.25, 0.3) is 0 Å². The van der Waals surface area contributed by atoms with Gasteiger partial charge in [-0.2, -0.15) is 0 Å². The number of nitrogens with zero attached hydrogens (tertiary/aromatic N) is 1. The Hall–Kier alpha value is -2.74. The van der Waals surface area contributed by atoms with E-state index in [-0.39, 0.29) is 6.61 Å². The highest BCUT2D eigenvalue weighted by Crippen LogP contribution is 2.27. The first-order chi connectivity index (χ1) is 11.9. The highest BCUT2D eigenvalue weighted by molar-refractivity contribution is 5.95. The van der Waals surface area contributed by atoms with Gasteiger partial charge in [0.1, 0.15) is 18.5 Å².